The monoisotopic (exact) mass is 303 g/mol. The van der Waals surface area contributed by atoms with Crippen LogP contribution in [0.5, 0.6) is 0 Å². The van der Waals surface area contributed by atoms with Crippen molar-refractivity contribution in [2.24, 2.45) is 4.99 Å². The Labute approximate surface area is 139 Å². The Morgan fingerprint density at radius 2 is 1.14 bits per heavy atom. The Hall–Kier alpha value is -1.63. The highest BCUT2D eigenvalue weighted by Crippen LogP contribution is 2.30. The third kappa shape index (κ3) is 9.33. The van der Waals surface area contributed by atoms with Gasteiger partial charge in [0.2, 0.25) is 0 Å². The van der Waals surface area contributed by atoms with Crippen LogP contribution >= 0.6 is 0 Å². The molecule has 1 aliphatic rings. The van der Waals surface area contributed by atoms with Crippen LogP contribution in [0.4, 0.5) is 0 Å². The van der Waals surface area contributed by atoms with Gasteiger partial charge in [-0.2, -0.15) is 0 Å². The van der Waals surface area contributed by atoms with E-state index in [2.05, 4.69) is 24.7 Å². The van der Waals surface area contributed by atoms with Crippen LogP contribution < -0.4 is 0 Å². The summed E-state index contributed by atoms with van der Waals surface area (Å²) in [6, 6.07) is 0. The van der Waals surface area contributed by atoms with E-state index in [1.807, 2.05) is 72.9 Å². The number of rotatable bonds is 4. The average Bonchev–Trinajstić information content (AvgIpc) is 2.79. The molecule has 0 spiro atoms. The summed E-state index contributed by atoms with van der Waals surface area (Å²) in [5.41, 5.74) is 4.83. The van der Waals surface area contributed by atoms with Gasteiger partial charge in [0.15, 0.2) is 0 Å². The van der Waals surface area contributed by atoms with E-state index in [-0.39, 0.29) is 0 Å². The molecule has 0 unspecified atom stereocenters. The van der Waals surface area contributed by atoms with Gasteiger partial charge in [-0.1, -0.05) is 79.5 Å². The second kappa shape index (κ2) is 19.4. The zero-order valence-electron chi connectivity index (χ0n) is 16.0. The number of hydrogen-bond donors (Lipinski definition) is 0. The van der Waals surface area contributed by atoms with Gasteiger partial charge in [-0.15, -0.1) is 0 Å². The molecule has 0 bridgehead atoms. The summed E-state index contributed by atoms with van der Waals surface area (Å²) in [4.78, 5) is 4.43. The van der Waals surface area contributed by atoms with Gasteiger partial charge in [0.25, 0.3) is 0 Å². The quantitative estimate of drug-likeness (QED) is 0.478. The molecule has 0 saturated carbocycles. The van der Waals surface area contributed by atoms with E-state index in [1.165, 1.54) is 16.7 Å². The van der Waals surface area contributed by atoms with Crippen LogP contribution in [-0.2, 0) is 0 Å². The minimum atomic E-state index is 0.830. The molecule has 0 radical (unpaired) electrons. The summed E-state index contributed by atoms with van der Waals surface area (Å²) < 4.78 is 0. The fourth-order valence-electron chi connectivity index (χ4n) is 1.92. The fraction of sp³-hybridized carbons (Fsp3) is 0.476. The van der Waals surface area contributed by atoms with Crippen molar-refractivity contribution in [3.8, 4) is 0 Å². The Morgan fingerprint density at radius 1 is 0.727 bits per heavy atom. The normalized spacial score (nSPS) is 13.6. The first-order valence-corrected chi connectivity index (χ1v) is 8.56. The molecule has 1 heteroatoms. The smallest absolute Gasteiger partial charge is 0.0475 e. The third-order valence-electron chi connectivity index (χ3n) is 2.83. The van der Waals surface area contributed by atoms with Crippen molar-refractivity contribution in [2.75, 3.05) is 0 Å². The van der Waals surface area contributed by atoms with Crippen molar-refractivity contribution >= 4 is 6.21 Å². The number of hydrogen-bond acceptors (Lipinski definition) is 1. The Balaban J connectivity index is -0.000000535. The van der Waals surface area contributed by atoms with E-state index in [1.54, 1.807) is 0 Å². The van der Waals surface area contributed by atoms with Gasteiger partial charge in [-0.25, -0.2) is 0 Å². The highest BCUT2D eigenvalue weighted by Gasteiger charge is 2.12. The summed E-state index contributed by atoms with van der Waals surface area (Å²) in [5, 5.41) is 0. The molecule has 0 heterocycles. The van der Waals surface area contributed by atoms with Crippen LogP contribution in [0.25, 0.3) is 0 Å². The molecule has 1 rings (SSSR count). The van der Waals surface area contributed by atoms with Crippen LogP contribution in [0.2, 0.25) is 0 Å². The van der Waals surface area contributed by atoms with Gasteiger partial charge in [-0.05, 0) is 36.5 Å². The van der Waals surface area contributed by atoms with Crippen molar-refractivity contribution in [1.29, 1.82) is 0 Å². The largest absolute Gasteiger partial charge is 0.265 e. The Bertz CT molecular complexity index is 392. The maximum atomic E-state index is 4.43. The molecular weight excluding hydrogens is 266 g/mol. The van der Waals surface area contributed by atoms with E-state index in [9.17, 15) is 0 Å². The Kier molecular flexibility index (Phi) is 22.3. The van der Waals surface area contributed by atoms with E-state index in [0.717, 1.165) is 25.0 Å². The predicted octanol–water partition coefficient (Wildman–Crippen LogP) is 7.45. The molecular formula is C21H37N. The van der Waals surface area contributed by atoms with E-state index < -0.39 is 0 Å². The zero-order chi connectivity index (χ0) is 18.0. The van der Waals surface area contributed by atoms with Crippen molar-refractivity contribution in [1.82, 2.24) is 0 Å². The van der Waals surface area contributed by atoms with Crippen LogP contribution in [0.3, 0.4) is 0 Å². The lowest BCUT2D eigenvalue weighted by Gasteiger charge is -2.05. The minimum Gasteiger partial charge on any atom is -0.265 e. The fourth-order valence-corrected chi connectivity index (χ4v) is 1.92. The SMILES string of the molecule is C=CC1=C(C=C)CC(N=CC)=C(C=C)CC1.CC.CC.CC. The molecule has 0 fully saturated rings. The maximum Gasteiger partial charge on any atom is 0.0475 e. The van der Waals surface area contributed by atoms with Gasteiger partial charge in [0.05, 0.1) is 0 Å². The molecule has 0 saturated heterocycles. The van der Waals surface area contributed by atoms with Crippen LogP contribution in [0.15, 0.2) is 65.4 Å². The summed E-state index contributed by atoms with van der Waals surface area (Å²) in [5.74, 6) is 0. The molecule has 22 heavy (non-hydrogen) atoms. The molecule has 126 valence electrons. The molecule has 1 aliphatic carbocycles. The summed E-state index contributed by atoms with van der Waals surface area (Å²) in [6.07, 6.45) is 10.4. The molecule has 0 aromatic carbocycles. The summed E-state index contributed by atoms with van der Waals surface area (Å²) >= 11 is 0. The van der Waals surface area contributed by atoms with Gasteiger partial charge in [-0.3, -0.25) is 4.99 Å². The first kappa shape index (κ1) is 25.3. The number of aliphatic imine (C=N–C) groups is 1. The summed E-state index contributed by atoms with van der Waals surface area (Å²) in [6.45, 7) is 25.5. The van der Waals surface area contributed by atoms with E-state index in [4.69, 9.17) is 0 Å². The highest BCUT2D eigenvalue weighted by atomic mass is 14.7. The van der Waals surface area contributed by atoms with Crippen molar-refractivity contribution in [2.45, 2.75) is 67.7 Å². The van der Waals surface area contributed by atoms with Gasteiger partial charge in [0, 0.05) is 18.3 Å². The first-order chi connectivity index (χ1) is 10.8. The van der Waals surface area contributed by atoms with Crippen LogP contribution in [0.1, 0.15) is 67.7 Å². The molecule has 0 N–H and O–H groups in total. The second-order valence-corrected chi connectivity index (χ2v) is 3.70. The van der Waals surface area contributed by atoms with Crippen molar-refractivity contribution in [3.05, 3.63) is 60.4 Å². The van der Waals surface area contributed by atoms with Crippen LogP contribution in [0, 0.1) is 0 Å². The van der Waals surface area contributed by atoms with E-state index in [0.29, 0.717) is 0 Å². The minimum absolute atomic E-state index is 0.830. The molecule has 0 amide bonds. The average molecular weight is 304 g/mol. The predicted molar refractivity (Wildman–Crippen MR) is 107 cm³/mol. The van der Waals surface area contributed by atoms with Gasteiger partial charge in [0.1, 0.15) is 0 Å². The topological polar surface area (TPSA) is 12.4 Å². The molecule has 0 aliphatic heterocycles. The first-order valence-electron chi connectivity index (χ1n) is 8.56. The lowest BCUT2D eigenvalue weighted by Crippen LogP contribution is -1.87. The highest BCUT2D eigenvalue weighted by molar-refractivity contribution is 5.57. The van der Waals surface area contributed by atoms with Crippen molar-refractivity contribution in [3.63, 3.8) is 0 Å². The molecule has 0 atom stereocenters. The molecule has 0 aromatic heterocycles. The van der Waals surface area contributed by atoms with Gasteiger partial charge >= 0.3 is 0 Å². The number of allylic oxidation sites excluding steroid dienone is 6. The van der Waals surface area contributed by atoms with Crippen molar-refractivity contribution < 1.29 is 0 Å². The second-order valence-electron chi connectivity index (χ2n) is 3.70. The summed E-state index contributed by atoms with van der Waals surface area (Å²) in [7, 11) is 0. The van der Waals surface area contributed by atoms with Gasteiger partial charge < -0.3 is 0 Å². The molecule has 1 nitrogen and oxygen atoms in total. The molecule has 0 aromatic rings. The van der Waals surface area contributed by atoms with Crippen LogP contribution in [-0.4, -0.2) is 6.21 Å². The number of nitrogens with zero attached hydrogens (tertiary/aromatic N) is 1. The third-order valence-corrected chi connectivity index (χ3v) is 2.83. The standard InChI is InChI=1S/C15H19N.3C2H6/c1-5-12-9-10-13(6-2)15(16-8-4)11-14(12)7-3;3*1-2/h5-8H,1-3,9-11H2,4H3;3*1-2H3. The lowest BCUT2D eigenvalue weighted by molar-refractivity contribution is 0.965. The van der Waals surface area contributed by atoms with E-state index >= 15 is 0 Å². The maximum absolute atomic E-state index is 4.43. The lowest BCUT2D eigenvalue weighted by atomic mass is 10.0. The Morgan fingerprint density at radius 3 is 1.50 bits per heavy atom. The zero-order valence-corrected chi connectivity index (χ0v) is 16.0.